The molecule has 132 valence electrons. The van der Waals surface area contributed by atoms with E-state index in [9.17, 15) is 14.9 Å². The van der Waals surface area contributed by atoms with Crippen molar-refractivity contribution >= 4 is 17.3 Å². The van der Waals surface area contributed by atoms with Crippen LogP contribution in [0, 0.1) is 22.0 Å². The van der Waals surface area contributed by atoms with Crippen LogP contribution in [0.1, 0.15) is 32.1 Å². The number of rotatable bonds is 5. The number of nitro benzene ring substituents is 1. The molecule has 1 aliphatic heterocycles. The van der Waals surface area contributed by atoms with E-state index in [1.54, 1.807) is 6.08 Å². The normalized spacial score (nSPS) is 18.9. The summed E-state index contributed by atoms with van der Waals surface area (Å²) in [5, 5.41) is 14.0. The standard InChI is InChI=1S/C18H20N2O5/c21-18(8-13(11-2-3-11)12-4-5-12)19-14-9-16-17(10-15(14)20(22)23)25-7-1-6-24-16/h8-12H,1-7H2,(H,19,21). The van der Waals surface area contributed by atoms with Gasteiger partial charge in [-0.2, -0.15) is 0 Å². The van der Waals surface area contributed by atoms with Crippen LogP contribution in [0.4, 0.5) is 11.4 Å². The zero-order chi connectivity index (χ0) is 17.4. The van der Waals surface area contributed by atoms with Gasteiger partial charge in [0.15, 0.2) is 11.5 Å². The number of benzene rings is 1. The van der Waals surface area contributed by atoms with E-state index in [-0.39, 0.29) is 17.3 Å². The molecule has 1 heterocycles. The minimum absolute atomic E-state index is 0.140. The highest BCUT2D eigenvalue weighted by atomic mass is 16.6. The van der Waals surface area contributed by atoms with E-state index in [2.05, 4.69) is 5.32 Å². The number of carbonyl (C=O) groups excluding carboxylic acids is 1. The number of ether oxygens (including phenoxy) is 2. The van der Waals surface area contributed by atoms with Crippen LogP contribution in [0.2, 0.25) is 0 Å². The molecule has 2 aliphatic carbocycles. The van der Waals surface area contributed by atoms with Gasteiger partial charge in [0.25, 0.3) is 5.69 Å². The van der Waals surface area contributed by atoms with Gasteiger partial charge in [-0.15, -0.1) is 0 Å². The predicted octanol–water partition coefficient (Wildman–Crippen LogP) is 3.44. The molecule has 7 heteroatoms. The summed E-state index contributed by atoms with van der Waals surface area (Å²) in [5.74, 6) is 1.50. The first-order valence-electron chi connectivity index (χ1n) is 8.72. The third-order valence-electron chi connectivity index (χ3n) is 4.72. The van der Waals surface area contributed by atoms with E-state index in [0.717, 1.165) is 25.7 Å². The Bertz CT molecular complexity index is 736. The molecule has 0 radical (unpaired) electrons. The van der Waals surface area contributed by atoms with Crippen molar-refractivity contribution in [3.05, 3.63) is 33.9 Å². The average molecular weight is 344 g/mol. The van der Waals surface area contributed by atoms with Crippen molar-refractivity contribution in [2.75, 3.05) is 18.5 Å². The lowest BCUT2D eigenvalue weighted by atomic mass is 10.1. The summed E-state index contributed by atoms with van der Waals surface area (Å²) in [6, 6.07) is 2.81. The third kappa shape index (κ3) is 3.60. The minimum Gasteiger partial charge on any atom is -0.489 e. The van der Waals surface area contributed by atoms with Crippen molar-refractivity contribution in [1.82, 2.24) is 0 Å². The van der Waals surface area contributed by atoms with E-state index in [1.807, 2.05) is 0 Å². The zero-order valence-corrected chi connectivity index (χ0v) is 13.8. The molecule has 1 aromatic rings. The molecule has 1 amide bonds. The van der Waals surface area contributed by atoms with Crippen molar-refractivity contribution < 1.29 is 19.2 Å². The molecule has 1 aromatic carbocycles. The fourth-order valence-corrected chi connectivity index (χ4v) is 3.17. The number of hydrogen-bond acceptors (Lipinski definition) is 5. The summed E-state index contributed by atoms with van der Waals surface area (Å²) in [7, 11) is 0. The number of fused-ring (bicyclic) bond motifs is 1. The van der Waals surface area contributed by atoms with Gasteiger partial charge in [0.2, 0.25) is 5.91 Å². The van der Waals surface area contributed by atoms with Crippen molar-refractivity contribution in [2.45, 2.75) is 32.1 Å². The number of amides is 1. The fraction of sp³-hybridized carbons (Fsp3) is 0.500. The van der Waals surface area contributed by atoms with Gasteiger partial charge in [0, 0.05) is 18.6 Å². The van der Waals surface area contributed by atoms with Gasteiger partial charge >= 0.3 is 0 Å². The third-order valence-corrected chi connectivity index (χ3v) is 4.72. The Morgan fingerprint density at radius 3 is 2.28 bits per heavy atom. The number of hydrogen-bond donors (Lipinski definition) is 1. The number of nitrogens with zero attached hydrogens (tertiary/aromatic N) is 1. The lowest BCUT2D eigenvalue weighted by Gasteiger charge is -2.11. The molecular formula is C18H20N2O5. The summed E-state index contributed by atoms with van der Waals surface area (Å²) in [6.07, 6.45) is 6.90. The molecule has 0 saturated heterocycles. The van der Waals surface area contributed by atoms with Crippen LogP contribution >= 0.6 is 0 Å². The maximum absolute atomic E-state index is 12.4. The summed E-state index contributed by atoms with van der Waals surface area (Å²) in [5.41, 5.74) is 1.15. The average Bonchev–Trinajstić information content (AvgIpc) is 3.46. The van der Waals surface area contributed by atoms with Crippen molar-refractivity contribution in [1.29, 1.82) is 0 Å². The van der Waals surface area contributed by atoms with Gasteiger partial charge in [0.05, 0.1) is 24.2 Å². The molecular weight excluding hydrogens is 324 g/mol. The SMILES string of the molecule is O=C(C=C(C1CC1)C1CC1)Nc1cc2c(cc1[N+](=O)[O-])OCCCO2. The molecule has 3 aliphatic rings. The van der Waals surface area contributed by atoms with E-state index in [4.69, 9.17) is 9.47 Å². The number of carbonyl (C=O) groups is 1. The second-order valence-corrected chi connectivity index (χ2v) is 6.81. The second-order valence-electron chi connectivity index (χ2n) is 6.81. The first kappa shape index (κ1) is 15.9. The van der Waals surface area contributed by atoms with Gasteiger partial charge in [-0.3, -0.25) is 14.9 Å². The summed E-state index contributed by atoms with van der Waals surface area (Å²) < 4.78 is 11.1. The Kier molecular flexibility index (Phi) is 4.07. The van der Waals surface area contributed by atoms with Gasteiger partial charge in [-0.1, -0.05) is 5.57 Å². The molecule has 0 aromatic heterocycles. The summed E-state index contributed by atoms with van der Waals surface area (Å²) in [4.78, 5) is 23.3. The van der Waals surface area contributed by atoms with E-state index in [0.29, 0.717) is 43.0 Å². The zero-order valence-electron chi connectivity index (χ0n) is 13.8. The molecule has 4 rings (SSSR count). The molecule has 1 N–H and O–H groups in total. The molecule has 0 unspecified atom stereocenters. The van der Waals surface area contributed by atoms with Crippen LogP contribution in [0.5, 0.6) is 11.5 Å². The fourth-order valence-electron chi connectivity index (χ4n) is 3.17. The Morgan fingerprint density at radius 1 is 1.12 bits per heavy atom. The largest absolute Gasteiger partial charge is 0.489 e. The summed E-state index contributed by atoms with van der Waals surface area (Å²) >= 11 is 0. The van der Waals surface area contributed by atoms with Gasteiger partial charge < -0.3 is 14.8 Å². The molecule has 0 bridgehead atoms. The molecule has 0 spiro atoms. The van der Waals surface area contributed by atoms with Crippen LogP contribution in [-0.4, -0.2) is 24.0 Å². The molecule has 2 saturated carbocycles. The summed E-state index contributed by atoms with van der Waals surface area (Å²) in [6.45, 7) is 0.927. The van der Waals surface area contributed by atoms with Crippen LogP contribution in [0.25, 0.3) is 0 Å². The lowest BCUT2D eigenvalue weighted by Crippen LogP contribution is -2.12. The van der Waals surface area contributed by atoms with Gasteiger partial charge in [0.1, 0.15) is 5.69 Å². The van der Waals surface area contributed by atoms with Crippen LogP contribution < -0.4 is 14.8 Å². The van der Waals surface area contributed by atoms with Gasteiger partial charge in [-0.05, 0) is 37.5 Å². The predicted molar refractivity (Wildman–Crippen MR) is 90.9 cm³/mol. The topological polar surface area (TPSA) is 90.7 Å². The Labute approximate surface area is 145 Å². The highest BCUT2D eigenvalue weighted by molar-refractivity contribution is 6.01. The highest BCUT2D eigenvalue weighted by Crippen LogP contribution is 2.48. The number of anilines is 1. The Balaban J connectivity index is 1.60. The maximum Gasteiger partial charge on any atom is 0.296 e. The van der Waals surface area contributed by atoms with E-state index >= 15 is 0 Å². The van der Waals surface area contributed by atoms with Crippen LogP contribution in [0.3, 0.4) is 0 Å². The van der Waals surface area contributed by atoms with Crippen LogP contribution in [-0.2, 0) is 4.79 Å². The molecule has 25 heavy (non-hydrogen) atoms. The van der Waals surface area contributed by atoms with Crippen molar-refractivity contribution in [3.8, 4) is 11.5 Å². The molecule has 2 fully saturated rings. The van der Waals surface area contributed by atoms with Gasteiger partial charge in [-0.25, -0.2) is 0 Å². The molecule has 7 nitrogen and oxygen atoms in total. The number of nitrogens with one attached hydrogen (secondary N) is 1. The molecule has 0 atom stereocenters. The maximum atomic E-state index is 12.4. The van der Waals surface area contributed by atoms with Crippen molar-refractivity contribution in [3.63, 3.8) is 0 Å². The smallest absolute Gasteiger partial charge is 0.296 e. The van der Waals surface area contributed by atoms with E-state index in [1.165, 1.54) is 17.7 Å². The first-order valence-corrected chi connectivity index (χ1v) is 8.72. The number of nitro groups is 1. The van der Waals surface area contributed by atoms with E-state index < -0.39 is 4.92 Å². The Hall–Kier alpha value is -2.57. The second kappa shape index (κ2) is 6.38. The minimum atomic E-state index is -0.517. The Morgan fingerprint density at radius 2 is 1.72 bits per heavy atom. The quantitative estimate of drug-likeness (QED) is 0.502. The van der Waals surface area contributed by atoms with Crippen molar-refractivity contribution in [2.24, 2.45) is 11.8 Å². The number of allylic oxidation sites excluding steroid dienone is 1. The van der Waals surface area contributed by atoms with Crippen LogP contribution in [0.15, 0.2) is 23.8 Å². The monoisotopic (exact) mass is 344 g/mol. The highest BCUT2D eigenvalue weighted by Gasteiger charge is 2.36. The first-order chi connectivity index (χ1) is 12.1. The lowest BCUT2D eigenvalue weighted by molar-refractivity contribution is -0.384.